The summed E-state index contributed by atoms with van der Waals surface area (Å²) in [7, 11) is 3.66. The number of hydrogen-bond donors (Lipinski definition) is 0. The van der Waals surface area contributed by atoms with E-state index < -0.39 is 0 Å². The Labute approximate surface area is 176 Å². The van der Waals surface area contributed by atoms with Gasteiger partial charge in [0.2, 0.25) is 11.8 Å². The van der Waals surface area contributed by atoms with Gasteiger partial charge in [-0.05, 0) is 52.4 Å². The third kappa shape index (κ3) is 3.63. The van der Waals surface area contributed by atoms with E-state index in [2.05, 4.69) is 10.3 Å². The zero-order chi connectivity index (χ0) is 21.5. The van der Waals surface area contributed by atoms with Gasteiger partial charge in [0, 0.05) is 37.1 Å². The lowest BCUT2D eigenvalue weighted by Crippen LogP contribution is -2.55. The summed E-state index contributed by atoms with van der Waals surface area (Å²) in [5, 5.41) is 8.00. The van der Waals surface area contributed by atoms with Gasteiger partial charge in [0.1, 0.15) is 22.9 Å². The summed E-state index contributed by atoms with van der Waals surface area (Å²) in [4.78, 5) is 30.1. The van der Waals surface area contributed by atoms with E-state index in [1.165, 1.54) is 0 Å². The van der Waals surface area contributed by atoms with Crippen LogP contribution in [0.25, 0.3) is 0 Å². The molecule has 2 amide bonds. The van der Waals surface area contributed by atoms with Crippen LogP contribution in [0, 0.1) is 24.7 Å². The lowest BCUT2D eigenvalue weighted by Gasteiger charge is -2.53. The first-order valence-electron chi connectivity index (χ1n) is 10.6. The SMILES string of the molecule is Cc1cc(CN(C)C(=O)C23CCC(C(=O)N(C)Cc4cc(C)on4)(CC2)CC3)no1. The van der Waals surface area contributed by atoms with Crippen LogP contribution in [-0.2, 0) is 22.7 Å². The fourth-order valence-corrected chi connectivity index (χ4v) is 5.25. The fraction of sp³-hybridized carbons (Fsp3) is 0.636. The Morgan fingerprint density at radius 2 is 1.13 bits per heavy atom. The predicted octanol–water partition coefficient (Wildman–Crippen LogP) is 3.24. The van der Waals surface area contributed by atoms with Crippen molar-refractivity contribution in [3.8, 4) is 0 Å². The lowest BCUT2D eigenvalue weighted by atomic mass is 9.53. The quantitative estimate of drug-likeness (QED) is 0.720. The normalized spacial score (nSPS) is 25.3. The molecule has 8 nitrogen and oxygen atoms in total. The van der Waals surface area contributed by atoms with E-state index in [0.29, 0.717) is 13.1 Å². The van der Waals surface area contributed by atoms with Crippen LogP contribution in [0.1, 0.15) is 61.4 Å². The van der Waals surface area contributed by atoms with E-state index in [-0.39, 0.29) is 22.6 Å². The number of aryl methyl sites for hydroxylation is 2. The van der Waals surface area contributed by atoms with E-state index in [0.717, 1.165) is 61.4 Å². The van der Waals surface area contributed by atoms with Crippen LogP contribution in [0.4, 0.5) is 0 Å². The van der Waals surface area contributed by atoms with Gasteiger partial charge in [0.25, 0.3) is 0 Å². The van der Waals surface area contributed by atoms with Crippen LogP contribution >= 0.6 is 0 Å². The lowest BCUT2D eigenvalue weighted by molar-refractivity contribution is -0.162. The summed E-state index contributed by atoms with van der Waals surface area (Å²) in [6, 6.07) is 3.72. The Morgan fingerprint density at radius 1 is 0.800 bits per heavy atom. The first-order valence-corrected chi connectivity index (χ1v) is 10.6. The molecule has 2 aromatic rings. The zero-order valence-electron chi connectivity index (χ0n) is 18.2. The van der Waals surface area contributed by atoms with Gasteiger partial charge in [-0.3, -0.25) is 9.59 Å². The Balaban J connectivity index is 1.39. The van der Waals surface area contributed by atoms with Crippen LogP contribution in [-0.4, -0.2) is 46.0 Å². The van der Waals surface area contributed by atoms with Crippen LogP contribution in [0.5, 0.6) is 0 Å². The molecule has 2 bridgehead atoms. The molecule has 30 heavy (non-hydrogen) atoms. The van der Waals surface area contributed by atoms with Crippen molar-refractivity contribution in [3.05, 3.63) is 35.0 Å². The summed E-state index contributed by atoms with van der Waals surface area (Å²) in [6.45, 7) is 4.58. The average molecular weight is 415 g/mol. The topological polar surface area (TPSA) is 92.7 Å². The minimum Gasteiger partial charge on any atom is -0.361 e. The van der Waals surface area contributed by atoms with E-state index >= 15 is 0 Å². The highest BCUT2D eigenvalue weighted by atomic mass is 16.5. The van der Waals surface area contributed by atoms with Crippen LogP contribution in [0.2, 0.25) is 0 Å². The molecule has 0 atom stereocenters. The Bertz CT molecular complexity index is 846. The third-order valence-corrected chi connectivity index (χ3v) is 7.00. The number of amides is 2. The minimum atomic E-state index is -0.350. The second-order valence-electron chi connectivity index (χ2n) is 9.24. The number of carbonyl (C=O) groups excluding carboxylic acids is 2. The summed E-state index contributed by atoms with van der Waals surface area (Å²) in [5.41, 5.74) is 0.829. The number of carbonyl (C=O) groups is 2. The molecule has 2 aromatic heterocycles. The van der Waals surface area contributed by atoms with Crippen LogP contribution in [0.15, 0.2) is 21.2 Å². The van der Waals surface area contributed by atoms with Crippen molar-refractivity contribution in [2.45, 2.75) is 65.5 Å². The summed E-state index contributed by atoms with van der Waals surface area (Å²) < 4.78 is 10.2. The van der Waals surface area contributed by atoms with Crippen molar-refractivity contribution in [3.63, 3.8) is 0 Å². The molecule has 3 aliphatic rings. The van der Waals surface area contributed by atoms with Gasteiger partial charge < -0.3 is 18.8 Å². The summed E-state index contributed by atoms with van der Waals surface area (Å²) in [6.07, 6.45) is 4.56. The second kappa shape index (κ2) is 7.56. The number of rotatable bonds is 6. The first kappa shape index (κ1) is 20.6. The molecule has 0 aliphatic heterocycles. The molecule has 8 heteroatoms. The number of aromatic nitrogens is 2. The maximum atomic E-state index is 13.3. The van der Waals surface area contributed by atoms with Crippen molar-refractivity contribution in [1.29, 1.82) is 0 Å². The van der Waals surface area contributed by atoms with E-state index in [1.807, 2.05) is 40.1 Å². The van der Waals surface area contributed by atoms with Gasteiger partial charge in [-0.1, -0.05) is 10.3 Å². The molecule has 0 radical (unpaired) electrons. The van der Waals surface area contributed by atoms with Crippen LogP contribution < -0.4 is 0 Å². The molecule has 0 aromatic carbocycles. The molecule has 3 saturated carbocycles. The van der Waals surface area contributed by atoms with Gasteiger partial charge in [0.05, 0.1) is 13.1 Å². The Kier molecular flexibility index (Phi) is 5.20. The van der Waals surface area contributed by atoms with E-state index in [9.17, 15) is 9.59 Å². The molecular formula is C22H30N4O4. The van der Waals surface area contributed by atoms with Gasteiger partial charge in [-0.2, -0.15) is 0 Å². The highest BCUT2D eigenvalue weighted by molar-refractivity contribution is 5.86. The molecular weight excluding hydrogens is 384 g/mol. The summed E-state index contributed by atoms with van der Waals surface area (Å²) >= 11 is 0. The summed E-state index contributed by atoms with van der Waals surface area (Å²) in [5.74, 6) is 1.81. The molecule has 2 heterocycles. The minimum absolute atomic E-state index is 0.162. The molecule has 162 valence electrons. The van der Waals surface area contributed by atoms with E-state index in [4.69, 9.17) is 9.05 Å². The fourth-order valence-electron chi connectivity index (χ4n) is 5.25. The first-order chi connectivity index (χ1) is 14.2. The van der Waals surface area contributed by atoms with Crippen LogP contribution in [0.3, 0.4) is 0 Å². The standard InChI is InChI=1S/C22H30N4O4/c1-15-11-17(23-29-15)13-25(3)19(27)21-5-8-22(9-6-21,10-7-21)20(28)26(4)14-18-12-16(2)30-24-18/h11-12H,5-10,13-14H2,1-4H3. The van der Waals surface area contributed by atoms with Gasteiger partial charge >= 0.3 is 0 Å². The number of fused-ring (bicyclic) bond motifs is 3. The van der Waals surface area contributed by atoms with Crippen molar-refractivity contribution < 1.29 is 18.6 Å². The monoisotopic (exact) mass is 414 g/mol. The van der Waals surface area contributed by atoms with Crippen molar-refractivity contribution >= 4 is 11.8 Å². The second-order valence-corrected chi connectivity index (χ2v) is 9.24. The van der Waals surface area contributed by atoms with Gasteiger partial charge in [0.15, 0.2) is 0 Å². The molecule has 0 unspecified atom stereocenters. The molecule has 3 fully saturated rings. The van der Waals surface area contributed by atoms with Crippen molar-refractivity contribution in [1.82, 2.24) is 20.1 Å². The Morgan fingerprint density at radius 3 is 1.40 bits per heavy atom. The van der Waals surface area contributed by atoms with Crippen molar-refractivity contribution in [2.24, 2.45) is 10.8 Å². The maximum absolute atomic E-state index is 13.3. The highest BCUT2D eigenvalue weighted by Gasteiger charge is 2.56. The van der Waals surface area contributed by atoms with E-state index in [1.54, 1.807) is 9.80 Å². The number of hydrogen-bond acceptors (Lipinski definition) is 6. The zero-order valence-corrected chi connectivity index (χ0v) is 18.2. The predicted molar refractivity (Wildman–Crippen MR) is 108 cm³/mol. The van der Waals surface area contributed by atoms with Gasteiger partial charge in [-0.15, -0.1) is 0 Å². The third-order valence-electron chi connectivity index (χ3n) is 7.00. The molecule has 0 saturated heterocycles. The molecule has 0 spiro atoms. The van der Waals surface area contributed by atoms with Gasteiger partial charge in [-0.25, -0.2) is 0 Å². The average Bonchev–Trinajstić information content (AvgIpc) is 3.35. The van der Waals surface area contributed by atoms with Crippen molar-refractivity contribution in [2.75, 3.05) is 14.1 Å². The Hall–Kier alpha value is -2.64. The smallest absolute Gasteiger partial charge is 0.228 e. The number of nitrogens with zero attached hydrogens (tertiary/aromatic N) is 4. The molecule has 3 aliphatic carbocycles. The highest BCUT2D eigenvalue weighted by Crippen LogP contribution is 2.58. The largest absolute Gasteiger partial charge is 0.361 e. The maximum Gasteiger partial charge on any atom is 0.228 e. The molecule has 0 N–H and O–H groups in total. The molecule has 5 rings (SSSR count).